The topological polar surface area (TPSA) is 115 Å². The summed E-state index contributed by atoms with van der Waals surface area (Å²) in [6.45, 7) is 3.42. The number of nitro benzene ring substituents is 1. The molecule has 1 aromatic heterocycles. The average molecular weight is 399 g/mol. The highest BCUT2D eigenvalue weighted by molar-refractivity contribution is 6.33. The van der Waals surface area contributed by atoms with Gasteiger partial charge in [-0.25, -0.2) is 10.1 Å². The molecule has 0 saturated heterocycles. The van der Waals surface area contributed by atoms with Crippen LogP contribution in [0.4, 0.5) is 5.69 Å². The maximum Gasteiger partial charge on any atom is 0.272 e. The van der Waals surface area contributed by atoms with Gasteiger partial charge in [-0.1, -0.05) is 35.0 Å². The second-order valence-electron chi connectivity index (χ2n) is 5.83. The second-order valence-corrected chi connectivity index (χ2v) is 6.24. The van der Waals surface area contributed by atoms with Crippen molar-refractivity contribution in [1.82, 2.24) is 20.4 Å². The number of nitrogens with one attached hydrogen (secondary N) is 1. The number of amides is 1. The third-order valence-electron chi connectivity index (χ3n) is 3.97. The summed E-state index contributed by atoms with van der Waals surface area (Å²) in [7, 11) is 0. The molecule has 142 valence electrons. The van der Waals surface area contributed by atoms with Crippen molar-refractivity contribution in [3.63, 3.8) is 0 Å². The van der Waals surface area contributed by atoms with Gasteiger partial charge in [0.1, 0.15) is 5.69 Å². The van der Waals surface area contributed by atoms with Gasteiger partial charge in [0.25, 0.3) is 11.6 Å². The molecule has 0 bridgehead atoms. The van der Waals surface area contributed by atoms with Gasteiger partial charge in [0.05, 0.1) is 32.6 Å². The van der Waals surface area contributed by atoms with E-state index in [1.165, 1.54) is 16.8 Å². The molecule has 1 heterocycles. The van der Waals surface area contributed by atoms with Crippen LogP contribution >= 0.6 is 11.6 Å². The predicted octanol–water partition coefficient (Wildman–Crippen LogP) is 3.29. The summed E-state index contributed by atoms with van der Waals surface area (Å²) in [6.07, 6.45) is 0. The smallest absolute Gasteiger partial charge is 0.267 e. The first-order valence-corrected chi connectivity index (χ1v) is 8.53. The molecule has 9 nitrogen and oxygen atoms in total. The zero-order chi connectivity index (χ0) is 20.3. The summed E-state index contributed by atoms with van der Waals surface area (Å²) in [5.74, 6) is -0.450. The van der Waals surface area contributed by atoms with Crippen LogP contribution in [0.3, 0.4) is 0 Å². The van der Waals surface area contributed by atoms with Gasteiger partial charge in [0.2, 0.25) is 0 Å². The van der Waals surface area contributed by atoms with E-state index < -0.39 is 10.8 Å². The van der Waals surface area contributed by atoms with Gasteiger partial charge >= 0.3 is 0 Å². The quantitative estimate of drug-likeness (QED) is 0.402. The Balaban J connectivity index is 1.84. The number of hydrogen-bond donors (Lipinski definition) is 1. The van der Waals surface area contributed by atoms with E-state index in [2.05, 4.69) is 20.8 Å². The first kappa shape index (κ1) is 19.2. The number of halogens is 1. The average Bonchev–Trinajstić information content (AvgIpc) is 3.07. The number of non-ortho nitro benzene ring substituents is 1. The van der Waals surface area contributed by atoms with Crippen molar-refractivity contribution < 1.29 is 9.72 Å². The first-order valence-electron chi connectivity index (χ1n) is 8.15. The summed E-state index contributed by atoms with van der Waals surface area (Å²) >= 11 is 6.00. The molecule has 28 heavy (non-hydrogen) atoms. The molecule has 1 N–H and O–H groups in total. The van der Waals surface area contributed by atoms with Crippen LogP contribution in [0.15, 0.2) is 53.6 Å². The zero-order valence-electron chi connectivity index (χ0n) is 15.0. The van der Waals surface area contributed by atoms with Crippen molar-refractivity contribution >= 4 is 28.9 Å². The number of benzene rings is 2. The zero-order valence-corrected chi connectivity index (χ0v) is 15.7. The number of nitrogens with zero attached hydrogens (tertiary/aromatic N) is 5. The molecule has 0 saturated carbocycles. The van der Waals surface area contributed by atoms with Gasteiger partial charge in [-0.05, 0) is 32.0 Å². The Morgan fingerprint density at radius 3 is 2.71 bits per heavy atom. The van der Waals surface area contributed by atoms with Crippen molar-refractivity contribution in [2.45, 2.75) is 13.8 Å². The predicted molar refractivity (Wildman–Crippen MR) is 104 cm³/mol. The van der Waals surface area contributed by atoms with Gasteiger partial charge in [-0.15, -0.1) is 5.10 Å². The van der Waals surface area contributed by atoms with Crippen molar-refractivity contribution in [3.05, 3.63) is 80.6 Å². The number of carbonyl (C=O) groups is 1. The highest BCUT2D eigenvalue weighted by Gasteiger charge is 2.16. The Morgan fingerprint density at radius 2 is 2.00 bits per heavy atom. The highest BCUT2D eigenvalue weighted by Crippen LogP contribution is 2.19. The van der Waals surface area contributed by atoms with Gasteiger partial charge in [0.15, 0.2) is 0 Å². The summed E-state index contributed by atoms with van der Waals surface area (Å²) in [6, 6.07) is 12.7. The van der Waals surface area contributed by atoms with E-state index in [-0.39, 0.29) is 5.69 Å². The van der Waals surface area contributed by atoms with Gasteiger partial charge in [0, 0.05) is 12.1 Å². The number of carbonyl (C=O) groups excluding carboxylic acids is 1. The number of hydrazone groups is 1. The first-order chi connectivity index (χ1) is 13.4. The minimum absolute atomic E-state index is 0.0497. The maximum absolute atomic E-state index is 12.2. The van der Waals surface area contributed by atoms with Crippen molar-refractivity contribution in [2.75, 3.05) is 0 Å². The summed E-state index contributed by atoms with van der Waals surface area (Å²) < 4.78 is 1.47. The Morgan fingerprint density at radius 1 is 1.25 bits per heavy atom. The minimum Gasteiger partial charge on any atom is -0.267 e. The van der Waals surface area contributed by atoms with Gasteiger partial charge < -0.3 is 0 Å². The minimum atomic E-state index is -0.479. The van der Waals surface area contributed by atoms with Crippen LogP contribution in [0, 0.1) is 17.0 Å². The summed E-state index contributed by atoms with van der Waals surface area (Å²) in [4.78, 5) is 22.7. The van der Waals surface area contributed by atoms with Crippen LogP contribution in [-0.2, 0) is 0 Å². The molecular weight excluding hydrogens is 384 g/mol. The molecule has 2 aromatic carbocycles. The summed E-state index contributed by atoms with van der Waals surface area (Å²) in [5.41, 5.74) is 4.68. The van der Waals surface area contributed by atoms with Crippen LogP contribution in [0.2, 0.25) is 5.02 Å². The molecule has 0 radical (unpaired) electrons. The molecule has 0 unspecified atom stereocenters. The van der Waals surface area contributed by atoms with Crippen LogP contribution in [0.25, 0.3) is 5.69 Å². The van der Waals surface area contributed by atoms with Crippen molar-refractivity contribution in [1.29, 1.82) is 0 Å². The molecule has 0 fully saturated rings. The lowest BCUT2D eigenvalue weighted by atomic mass is 10.2. The number of nitro groups is 1. The summed E-state index contributed by atoms with van der Waals surface area (Å²) in [5, 5.41) is 23.5. The molecular formula is C18H15ClN6O3. The van der Waals surface area contributed by atoms with Crippen LogP contribution in [0.5, 0.6) is 0 Å². The Hall–Kier alpha value is -3.59. The molecule has 0 spiro atoms. The van der Waals surface area contributed by atoms with E-state index in [0.717, 1.165) is 0 Å². The van der Waals surface area contributed by atoms with Gasteiger partial charge in [-0.3, -0.25) is 14.9 Å². The molecule has 0 aliphatic heterocycles. The fraction of sp³-hybridized carbons (Fsp3) is 0.111. The highest BCUT2D eigenvalue weighted by atomic mass is 35.5. The lowest BCUT2D eigenvalue weighted by molar-refractivity contribution is -0.384. The van der Waals surface area contributed by atoms with Gasteiger partial charge in [-0.2, -0.15) is 5.10 Å². The van der Waals surface area contributed by atoms with Crippen LogP contribution < -0.4 is 5.43 Å². The maximum atomic E-state index is 12.2. The van der Waals surface area contributed by atoms with E-state index in [0.29, 0.717) is 33.4 Å². The van der Waals surface area contributed by atoms with E-state index in [1.54, 1.807) is 50.2 Å². The molecule has 0 aliphatic rings. The fourth-order valence-corrected chi connectivity index (χ4v) is 2.76. The monoisotopic (exact) mass is 398 g/mol. The largest absolute Gasteiger partial charge is 0.272 e. The third-order valence-corrected chi connectivity index (χ3v) is 4.30. The van der Waals surface area contributed by atoms with Crippen molar-refractivity contribution in [3.8, 4) is 5.69 Å². The third kappa shape index (κ3) is 3.89. The fourth-order valence-electron chi connectivity index (χ4n) is 2.54. The molecule has 10 heteroatoms. The van der Waals surface area contributed by atoms with E-state index in [1.807, 2.05) is 0 Å². The molecule has 0 aliphatic carbocycles. The SMILES string of the molecule is CC(=NNC(=O)c1ccccc1Cl)c1nnn(-c2cccc([N+](=O)[O-])c2)c1C. The molecule has 3 rings (SSSR count). The molecule has 3 aromatic rings. The normalized spacial score (nSPS) is 11.3. The number of hydrogen-bond acceptors (Lipinski definition) is 6. The van der Waals surface area contributed by atoms with Crippen LogP contribution in [0.1, 0.15) is 28.7 Å². The van der Waals surface area contributed by atoms with Crippen molar-refractivity contribution in [2.24, 2.45) is 5.10 Å². The Kier molecular flexibility index (Phi) is 5.46. The lowest BCUT2D eigenvalue weighted by Crippen LogP contribution is -2.20. The lowest BCUT2D eigenvalue weighted by Gasteiger charge is -2.05. The van der Waals surface area contributed by atoms with E-state index in [4.69, 9.17) is 11.6 Å². The Bertz CT molecular complexity index is 1090. The van der Waals surface area contributed by atoms with E-state index >= 15 is 0 Å². The Labute approximate surface area is 164 Å². The van der Waals surface area contributed by atoms with Crippen LogP contribution in [-0.4, -0.2) is 31.5 Å². The molecule has 0 atom stereocenters. The van der Waals surface area contributed by atoms with E-state index in [9.17, 15) is 14.9 Å². The number of aromatic nitrogens is 3. The standard InChI is InChI=1S/C18H15ClN6O3/c1-11(20-22-18(26)15-8-3-4-9-16(15)19)17-12(2)24(23-21-17)13-6-5-7-14(10-13)25(27)28/h3-10H,1-2H3,(H,22,26). The molecule has 1 amide bonds. The number of rotatable bonds is 5. The second kappa shape index (κ2) is 7.97.